The molecule has 3 rings (SSSR count). The number of hydrogen-bond donors (Lipinski definition) is 2. The van der Waals surface area contributed by atoms with Gasteiger partial charge in [-0.1, -0.05) is 44.5 Å². The van der Waals surface area contributed by atoms with Gasteiger partial charge in [0.25, 0.3) is 10.0 Å². The third kappa shape index (κ3) is 3.89. The Balaban J connectivity index is 1.96. The van der Waals surface area contributed by atoms with Gasteiger partial charge >= 0.3 is 0 Å². The van der Waals surface area contributed by atoms with Gasteiger partial charge in [-0.2, -0.15) is 5.10 Å². The molecule has 0 atom stereocenters. The molecule has 0 bridgehead atoms. The fourth-order valence-electron chi connectivity index (χ4n) is 2.47. The average Bonchev–Trinajstić information content (AvgIpc) is 3.10. The van der Waals surface area contributed by atoms with Crippen LogP contribution in [0.3, 0.4) is 0 Å². The van der Waals surface area contributed by atoms with Crippen LogP contribution < -0.4 is 4.72 Å². The van der Waals surface area contributed by atoms with Gasteiger partial charge in [0.1, 0.15) is 6.33 Å². The Bertz CT molecular complexity index is 1010. The number of aromatic amines is 1. The van der Waals surface area contributed by atoms with E-state index >= 15 is 0 Å². The number of nitrogens with one attached hydrogen (secondary N) is 2. The quantitative estimate of drug-likeness (QED) is 0.698. The summed E-state index contributed by atoms with van der Waals surface area (Å²) in [5, 5.41) is 6.98. The number of aromatic nitrogens is 3. The lowest BCUT2D eigenvalue weighted by atomic mass is 9.87. The summed E-state index contributed by atoms with van der Waals surface area (Å²) in [6.07, 6.45) is 1.35. The van der Waals surface area contributed by atoms with Gasteiger partial charge in [-0.25, -0.2) is 13.4 Å². The molecule has 0 saturated heterocycles. The van der Waals surface area contributed by atoms with Crippen molar-refractivity contribution in [2.45, 2.75) is 31.1 Å². The Morgan fingerprint density at radius 3 is 2.35 bits per heavy atom. The maximum absolute atomic E-state index is 12.8. The summed E-state index contributed by atoms with van der Waals surface area (Å²) in [6, 6.07) is 11.7. The second-order valence-corrected chi connectivity index (χ2v) is 9.02. The van der Waals surface area contributed by atoms with E-state index in [1.54, 1.807) is 30.3 Å². The first-order valence-corrected chi connectivity index (χ1v) is 9.81. The molecule has 0 aliphatic carbocycles. The van der Waals surface area contributed by atoms with E-state index in [0.717, 1.165) is 5.56 Å². The van der Waals surface area contributed by atoms with E-state index in [2.05, 4.69) is 40.7 Å². The minimum atomic E-state index is -3.76. The zero-order valence-electron chi connectivity index (χ0n) is 14.6. The van der Waals surface area contributed by atoms with E-state index in [1.807, 2.05) is 12.1 Å². The highest BCUT2D eigenvalue weighted by Gasteiger charge is 2.20. The van der Waals surface area contributed by atoms with Crippen LogP contribution in [0.2, 0.25) is 5.02 Å². The van der Waals surface area contributed by atoms with Crippen molar-refractivity contribution < 1.29 is 8.42 Å². The van der Waals surface area contributed by atoms with Gasteiger partial charge < -0.3 is 0 Å². The number of benzene rings is 2. The van der Waals surface area contributed by atoms with Crippen molar-refractivity contribution >= 4 is 27.3 Å². The molecule has 1 heterocycles. The maximum Gasteiger partial charge on any atom is 0.261 e. The predicted octanol–water partition coefficient (Wildman–Crippen LogP) is 4.22. The molecule has 0 fully saturated rings. The Labute approximate surface area is 157 Å². The normalized spacial score (nSPS) is 12.2. The second kappa shape index (κ2) is 6.74. The summed E-state index contributed by atoms with van der Waals surface area (Å²) in [7, 11) is -3.76. The van der Waals surface area contributed by atoms with Gasteiger partial charge in [0.2, 0.25) is 0 Å². The number of sulfonamides is 1. The summed E-state index contributed by atoms with van der Waals surface area (Å²) < 4.78 is 28.2. The third-order valence-electron chi connectivity index (χ3n) is 3.93. The highest BCUT2D eigenvalue weighted by molar-refractivity contribution is 7.92. The number of hydrogen-bond acceptors (Lipinski definition) is 4. The molecule has 2 aromatic carbocycles. The minimum Gasteiger partial charge on any atom is -0.279 e. The van der Waals surface area contributed by atoms with Gasteiger partial charge in [-0.15, -0.1) is 0 Å². The molecule has 0 unspecified atom stereocenters. The lowest BCUT2D eigenvalue weighted by Gasteiger charge is -2.19. The molecule has 8 heteroatoms. The molecule has 6 nitrogen and oxygen atoms in total. The molecule has 1 aromatic heterocycles. The van der Waals surface area contributed by atoms with Crippen molar-refractivity contribution in [1.29, 1.82) is 0 Å². The smallest absolute Gasteiger partial charge is 0.261 e. The van der Waals surface area contributed by atoms with E-state index in [4.69, 9.17) is 11.6 Å². The average molecular weight is 391 g/mol. The fraction of sp³-hybridized carbons (Fsp3) is 0.222. The topological polar surface area (TPSA) is 87.7 Å². The van der Waals surface area contributed by atoms with Gasteiger partial charge in [-0.05, 0) is 41.3 Å². The highest BCUT2D eigenvalue weighted by atomic mass is 35.5. The molecule has 0 amide bonds. The van der Waals surface area contributed by atoms with Crippen molar-refractivity contribution in [1.82, 2.24) is 15.2 Å². The van der Waals surface area contributed by atoms with Crippen LogP contribution in [0.15, 0.2) is 53.7 Å². The Hall–Kier alpha value is -2.38. The van der Waals surface area contributed by atoms with Gasteiger partial charge in [0.15, 0.2) is 5.82 Å². The molecule has 3 aromatic rings. The monoisotopic (exact) mass is 390 g/mol. The Kier molecular flexibility index (Phi) is 4.77. The summed E-state index contributed by atoms with van der Waals surface area (Å²) in [5.74, 6) is 0.424. The summed E-state index contributed by atoms with van der Waals surface area (Å²) in [6.45, 7) is 6.23. The molecule has 26 heavy (non-hydrogen) atoms. The molecule has 2 N–H and O–H groups in total. The fourth-order valence-corrected chi connectivity index (χ4v) is 3.73. The van der Waals surface area contributed by atoms with Crippen molar-refractivity contribution in [3.8, 4) is 11.4 Å². The molecular formula is C18H19ClN4O2S. The van der Waals surface area contributed by atoms with E-state index in [0.29, 0.717) is 22.1 Å². The van der Waals surface area contributed by atoms with Crippen LogP contribution in [0.5, 0.6) is 0 Å². The van der Waals surface area contributed by atoms with E-state index in [1.165, 1.54) is 6.33 Å². The largest absolute Gasteiger partial charge is 0.279 e. The maximum atomic E-state index is 12.8. The van der Waals surface area contributed by atoms with Crippen molar-refractivity contribution in [3.63, 3.8) is 0 Å². The van der Waals surface area contributed by atoms with Crippen LogP contribution in [0, 0.1) is 0 Å². The van der Waals surface area contributed by atoms with Crippen molar-refractivity contribution in [2.24, 2.45) is 0 Å². The second-order valence-electron chi connectivity index (χ2n) is 6.90. The van der Waals surface area contributed by atoms with E-state index < -0.39 is 10.0 Å². The van der Waals surface area contributed by atoms with Crippen LogP contribution in [0.4, 0.5) is 5.69 Å². The van der Waals surface area contributed by atoms with Crippen LogP contribution in [0.1, 0.15) is 26.3 Å². The zero-order valence-corrected chi connectivity index (χ0v) is 16.2. The number of halogens is 1. The molecule has 136 valence electrons. The highest BCUT2D eigenvalue weighted by Crippen LogP contribution is 2.30. The number of H-pyrrole nitrogens is 1. The third-order valence-corrected chi connectivity index (χ3v) is 5.54. The van der Waals surface area contributed by atoms with Gasteiger partial charge in [0, 0.05) is 10.6 Å². The minimum absolute atomic E-state index is 0.0502. The van der Waals surface area contributed by atoms with Crippen LogP contribution >= 0.6 is 11.6 Å². The van der Waals surface area contributed by atoms with Gasteiger partial charge in [0.05, 0.1) is 10.6 Å². The van der Waals surface area contributed by atoms with E-state index in [9.17, 15) is 8.42 Å². The molecule has 0 saturated carbocycles. The lowest BCUT2D eigenvalue weighted by molar-refractivity contribution is 0.587. The standard InChI is InChI=1S/C18H19ClN4O2S/c1-18(2,3)12-4-7-14(8-5-12)26(24,25)23-16-9-6-13(19)10-15(16)17-20-11-21-22-17/h4-11,23H,1-3H3,(H,20,21,22). The lowest BCUT2D eigenvalue weighted by Crippen LogP contribution is -2.15. The van der Waals surface area contributed by atoms with Crippen molar-refractivity contribution in [3.05, 3.63) is 59.4 Å². The first-order valence-electron chi connectivity index (χ1n) is 7.95. The molecular weight excluding hydrogens is 372 g/mol. The Morgan fingerprint density at radius 1 is 1.08 bits per heavy atom. The molecule has 0 aliphatic rings. The number of rotatable bonds is 4. The Morgan fingerprint density at radius 2 is 1.77 bits per heavy atom. The van der Waals surface area contributed by atoms with Crippen LogP contribution in [-0.2, 0) is 15.4 Å². The zero-order chi connectivity index (χ0) is 18.9. The summed E-state index contributed by atoms with van der Waals surface area (Å²) >= 11 is 6.04. The molecule has 0 spiro atoms. The van der Waals surface area contributed by atoms with Crippen molar-refractivity contribution in [2.75, 3.05) is 4.72 Å². The SMILES string of the molecule is CC(C)(C)c1ccc(S(=O)(=O)Nc2ccc(Cl)cc2-c2ncn[nH]2)cc1. The number of nitrogens with zero attached hydrogens (tertiary/aromatic N) is 2. The predicted molar refractivity (Wildman–Crippen MR) is 103 cm³/mol. The summed E-state index contributed by atoms with van der Waals surface area (Å²) in [5.41, 5.74) is 1.90. The first-order chi connectivity index (χ1) is 12.2. The van der Waals surface area contributed by atoms with Crippen LogP contribution in [0.25, 0.3) is 11.4 Å². The first kappa shape index (κ1) is 18.4. The van der Waals surface area contributed by atoms with Crippen LogP contribution in [-0.4, -0.2) is 23.6 Å². The molecule has 0 radical (unpaired) electrons. The molecule has 0 aliphatic heterocycles. The van der Waals surface area contributed by atoms with E-state index in [-0.39, 0.29) is 10.3 Å². The number of anilines is 1. The summed E-state index contributed by atoms with van der Waals surface area (Å²) in [4.78, 5) is 4.25. The van der Waals surface area contributed by atoms with Gasteiger partial charge in [-0.3, -0.25) is 9.82 Å².